The first-order chi connectivity index (χ1) is 9.47. The van der Waals surface area contributed by atoms with E-state index >= 15 is 0 Å². The number of nitrogens with two attached hydrogens (primary N) is 3. The smallest absolute Gasteiger partial charge is 0.302 e. The Kier molecular flexibility index (Phi) is 4.16. The number of hydrazine groups is 1. The summed E-state index contributed by atoms with van der Waals surface area (Å²) in [6, 6.07) is -1.17. The van der Waals surface area contributed by atoms with Gasteiger partial charge >= 0.3 is 5.97 Å². The van der Waals surface area contributed by atoms with Crippen LogP contribution in [0.5, 0.6) is 0 Å². The number of esters is 1. The Hall–Kier alpha value is -1.78. The highest BCUT2D eigenvalue weighted by Crippen LogP contribution is 2.39. The van der Waals surface area contributed by atoms with E-state index < -0.39 is 18.1 Å². The Labute approximate surface area is 119 Å². The van der Waals surface area contributed by atoms with Gasteiger partial charge < -0.3 is 21.1 Å². The number of fused-ring (bicyclic) bond motifs is 1. The zero-order chi connectivity index (χ0) is 14.9. The molecule has 1 fully saturated rings. The van der Waals surface area contributed by atoms with Crippen LogP contribution in [0.1, 0.15) is 6.92 Å². The molecule has 10 heteroatoms. The van der Waals surface area contributed by atoms with Gasteiger partial charge in [-0.3, -0.25) is 9.59 Å². The lowest BCUT2D eigenvalue weighted by Crippen LogP contribution is -2.73. The third kappa shape index (κ3) is 2.44. The predicted molar refractivity (Wildman–Crippen MR) is 73.6 cm³/mol. The molecule has 0 aromatic rings. The summed E-state index contributed by atoms with van der Waals surface area (Å²) in [5.74, 6) is 4.57. The second-order valence-corrected chi connectivity index (χ2v) is 5.33. The average Bonchev–Trinajstić information content (AvgIpc) is 2.43. The van der Waals surface area contributed by atoms with Crippen molar-refractivity contribution >= 4 is 29.5 Å². The Morgan fingerprint density at radius 2 is 2.35 bits per heavy atom. The zero-order valence-corrected chi connectivity index (χ0v) is 11.6. The molecule has 0 spiro atoms. The van der Waals surface area contributed by atoms with Crippen molar-refractivity contribution in [3.8, 4) is 0 Å². The normalized spacial score (nSPS) is 29.2. The van der Waals surface area contributed by atoms with Crippen LogP contribution in [-0.4, -0.2) is 46.7 Å². The first-order valence-corrected chi connectivity index (χ1v) is 6.75. The first-order valence-electron chi connectivity index (χ1n) is 5.81. The topological polar surface area (TPSA) is 149 Å². The monoisotopic (exact) mass is 300 g/mol. The van der Waals surface area contributed by atoms with Gasteiger partial charge in [0.15, 0.2) is 0 Å². The van der Waals surface area contributed by atoms with Crippen molar-refractivity contribution in [3.63, 3.8) is 0 Å². The molecule has 20 heavy (non-hydrogen) atoms. The largest absolute Gasteiger partial charge is 0.461 e. The van der Waals surface area contributed by atoms with E-state index in [0.29, 0.717) is 5.57 Å². The number of rotatable bonds is 4. The van der Waals surface area contributed by atoms with Gasteiger partial charge in [0.2, 0.25) is 5.91 Å². The minimum atomic E-state index is -0.607. The number of hydrogen-bond acceptors (Lipinski definition) is 8. The van der Waals surface area contributed by atoms with E-state index in [1.807, 2.05) is 0 Å². The number of nitrogens with one attached hydrogen (secondary N) is 1. The Bertz CT molecular complexity index is 493. The summed E-state index contributed by atoms with van der Waals surface area (Å²) >= 11 is 1.39. The second-order valence-electron chi connectivity index (χ2n) is 4.34. The molecule has 2 rings (SSSR count). The van der Waals surface area contributed by atoms with Gasteiger partial charge in [-0.2, -0.15) is 0 Å². The van der Waals surface area contributed by atoms with Crippen LogP contribution in [0.2, 0.25) is 0 Å². The van der Waals surface area contributed by atoms with Gasteiger partial charge in [0.1, 0.15) is 29.9 Å². The maximum absolute atomic E-state index is 11.9. The minimum Gasteiger partial charge on any atom is -0.461 e. The van der Waals surface area contributed by atoms with Crippen molar-refractivity contribution in [1.29, 1.82) is 0 Å². The summed E-state index contributed by atoms with van der Waals surface area (Å²) in [5.41, 5.74) is 14.3. The number of amidine groups is 1. The summed E-state index contributed by atoms with van der Waals surface area (Å²) < 4.78 is 4.96. The van der Waals surface area contributed by atoms with Crippen LogP contribution in [0.4, 0.5) is 0 Å². The highest BCUT2D eigenvalue weighted by molar-refractivity contribution is 8.02. The molecule has 2 aliphatic heterocycles. The summed E-state index contributed by atoms with van der Waals surface area (Å²) in [5, 5.41) is 5.30. The standard InChI is InChI=1S/C10H16N6O3S/c1-4(17)19-2-5-3-20-10-6(11)9(18)16(10)7(5)8(12)14-15-13/h3,6-7,10,15H,2,11,13H2,1H3,(H2,12,14)/t6?,7-,10?/m1/s1. The summed E-state index contributed by atoms with van der Waals surface area (Å²) in [6.45, 7) is 1.33. The number of carbonyl (C=O) groups excluding carboxylic acids is 2. The van der Waals surface area contributed by atoms with Crippen molar-refractivity contribution in [3.05, 3.63) is 11.0 Å². The van der Waals surface area contributed by atoms with E-state index in [1.165, 1.54) is 23.6 Å². The summed E-state index contributed by atoms with van der Waals surface area (Å²) in [6.07, 6.45) is 0. The molecule has 0 aromatic carbocycles. The number of nitrogens with zero attached hydrogens (tertiary/aromatic N) is 2. The quantitative estimate of drug-likeness (QED) is 0.114. The number of β-lactam (4-membered cyclic amide) rings is 1. The maximum Gasteiger partial charge on any atom is 0.302 e. The number of hydrogen-bond donors (Lipinski definition) is 4. The van der Waals surface area contributed by atoms with Crippen LogP contribution < -0.4 is 22.8 Å². The fraction of sp³-hybridized carbons (Fsp3) is 0.500. The van der Waals surface area contributed by atoms with Crippen LogP contribution >= 0.6 is 11.8 Å². The molecular formula is C10H16N6O3S. The van der Waals surface area contributed by atoms with E-state index in [-0.39, 0.29) is 23.7 Å². The van der Waals surface area contributed by atoms with E-state index in [9.17, 15) is 9.59 Å². The molecule has 110 valence electrons. The zero-order valence-electron chi connectivity index (χ0n) is 10.8. The van der Waals surface area contributed by atoms with Crippen LogP contribution in [0.25, 0.3) is 0 Å². The lowest BCUT2D eigenvalue weighted by molar-refractivity contribution is -0.145. The number of ether oxygens (including phenoxy) is 1. The molecule has 1 amide bonds. The Morgan fingerprint density at radius 3 is 2.95 bits per heavy atom. The molecule has 2 unspecified atom stereocenters. The van der Waals surface area contributed by atoms with Crippen molar-refractivity contribution in [2.45, 2.75) is 24.4 Å². The second kappa shape index (κ2) is 5.69. The van der Waals surface area contributed by atoms with Crippen LogP contribution in [-0.2, 0) is 14.3 Å². The van der Waals surface area contributed by atoms with Crippen LogP contribution in [0.15, 0.2) is 16.1 Å². The third-order valence-electron chi connectivity index (χ3n) is 3.03. The molecule has 0 radical (unpaired) electrons. The van der Waals surface area contributed by atoms with Crippen molar-refractivity contribution in [2.24, 2.45) is 22.4 Å². The lowest BCUT2D eigenvalue weighted by atomic mass is 9.98. The van der Waals surface area contributed by atoms with Gasteiger partial charge in [0.25, 0.3) is 0 Å². The summed E-state index contributed by atoms with van der Waals surface area (Å²) in [7, 11) is 0. The molecule has 3 atom stereocenters. The van der Waals surface area contributed by atoms with Crippen LogP contribution in [0, 0.1) is 0 Å². The van der Waals surface area contributed by atoms with Gasteiger partial charge in [-0.15, -0.1) is 16.9 Å². The Balaban J connectivity index is 2.25. The fourth-order valence-electron chi connectivity index (χ4n) is 2.10. The molecule has 0 aromatic heterocycles. The molecule has 0 aliphatic carbocycles. The average molecular weight is 300 g/mol. The molecule has 2 aliphatic rings. The van der Waals surface area contributed by atoms with Gasteiger partial charge in [-0.1, -0.05) is 0 Å². The number of hydrazone groups is 1. The molecule has 7 N–H and O–H groups in total. The minimum absolute atomic E-state index is 0.0273. The predicted octanol–water partition coefficient (Wildman–Crippen LogP) is -2.22. The molecule has 0 saturated carbocycles. The van der Waals surface area contributed by atoms with Crippen molar-refractivity contribution < 1.29 is 14.3 Å². The van der Waals surface area contributed by atoms with Gasteiger partial charge in [-0.25, -0.2) is 11.4 Å². The number of carbonyl (C=O) groups is 2. The number of amides is 1. The molecule has 2 heterocycles. The fourth-order valence-corrected chi connectivity index (χ4v) is 3.25. The van der Waals surface area contributed by atoms with Gasteiger partial charge in [-0.05, 0) is 5.41 Å². The van der Waals surface area contributed by atoms with E-state index in [2.05, 4.69) is 10.6 Å². The van der Waals surface area contributed by atoms with E-state index in [1.54, 1.807) is 5.41 Å². The van der Waals surface area contributed by atoms with Gasteiger partial charge in [0.05, 0.1) is 0 Å². The summed E-state index contributed by atoms with van der Waals surface area (Å²) in [4.78, 5) is 24.3. The highest BCUT2D eigenvalue weighted by atomic mass is 32.2. The molecule has 0 bridgehead atoms. The lowest BCUT2D eigenvalue weighted by Gasteiger charge is -2.51. The molecule has 9 nitrogen and oxygen atoms in total. The van der Waals surface area contributed by atoms with Crippen molar-refractivity contribution in [2.75, 3.05) is 6.61 Å². The molecule has 1 saturated heterocycles. The third-order valence-corrected chi connectivity index (χ3v) is 4.26. The van der Waals surface area contributed by atoms with Gasteiger partial charge in [0, 0.05) is 12.5 Å². The van der Waals surface area contributed by atoms with E-state index in [4.69, 9.17) is 22.0 Å². The van der Waals surface area contributed by atoms with Crippen LogP contribution in [0.3, 0.4) is 0 Å². The highest BCUT2D eigenvalue weighted by Gasteiger charge is 2.52. The molecular weight excluding hydrogens is 284 g/mol. The first kappa shape index (κ1) is 14.6. The Morgan fingerprint density at radius 1 is 1.65 bits per heavy atom. The maximum atomic E-state index is 11.9. The van der Waals surface area contributed by atoms with E-state index in [0.717, 1.165) is 0 Å². The van der Waals surface area contributed by atoms with Crippen molar-refractivity contribution in [1.82, 2.24) is 10.4 Å². The SMILES string of the molecule is CC(=O)OCC1=CSC2C(N)C(=O)N2[C@H]1/C(N)=N/NN. The number of thioether (sulfide) groups is 1.